The van der Waals surface area contributed by atoms with Gasteiger partial charge in [0.05, 0.1) is 19.9 Å². The number of ether oxygens (including phenoxy) is 1. The van der Waals surface area contributed by atoms with Crippen molar-refractivity contribution in [1.82, 2.24) is 15.0 Å². The molecule has 0 aliphatic carbocycles. The van der Waals surface area contributed by atoms with Crippen molar-refractivity contribution in [2.75, 3.05) is 7.11 Å². The van der Waals surface area contributed by atoms with E-state index in [1.165, 1.54) is 0 Å². The minimum Gasteiger partial charge on any atom is -0.496 e. The van der Waals surface area contributed by atoms with E-state index in [-0.39, 0.29) is 0 Å². The largest absolute Gasteiger partial charge is 0.496 e. The SMILES string of the molecule is COc1ccc(Br)cc1Cn1cc(C=O)nn1. The molecule has 0 aliphatic rings. The lowest BCUT2D eigenvalue weighted by molar-refractivity contribution is 0.111. The second kappa shape index (κ2) is 5.09. The van der Waals surface area contributed by atoms with Gasteiger partial charge in [0.25, 0.3) is 0 Å². The maximum atomic E-state index is 10.5. The van der Waals surface area contributed by atoms with E-state index in [4.69, 9.17) is 4.74 Å². The molecule has 1 aromatic carbocycles. The maximum absolute atomic E-state index is 10.5. The summed E-state index contributed by atoms with van der Waals surface area (Å²) in [5, 5.41) is 7.55. The highest BCUT2D eigenvalue weighted by Gasteiger charge is 2.06. The molecule has 0 radical (unpaired) electrons. The van der Waals surface area contributed by atoms with Gasteiger partial charge in [-0.05, 0) is 18.2 Å². The molecule has 0 amide bonds. The number of methoxy groups -OCH3 is 1. The van der Waals surface area contributed by atoms with Gasteiger partial charge in [-0.3, -0.25) is 4.79 Å². The highest BCUT2D eigenvalue weighted by Crippen LogP contribution is 2.23. The van der Waals surface area contributed by atoms with Crippen LogP contribution in [0, 0.1) is 0 Å². The zero-order valence-electron chi connectivity index (χ0n) is 9.13. The number of hydrogen-bond acceptors (Lipinski definition) is 4. The van der Waals surface area contributed by atoms with Crippen LogP contribution in [0.15, 0.2) is 28.9 Å². The molecule has 2 aromatic rings. The minimum atomic E-state index is 0.318. The van der Waals surface area contributed by atoms with Crippen molar-refractivity contribution >= 4 is 22.2 Å². The quantitative estimate of drug-likeness (QED) is 0.809. The fraction of sp³-hybridized carbons (Fsp3) is 0.182. The van der Waals surface area contributed by atoms with Gasteiger partial charge in [-0.1, -0.05) is 21.1 Å². The molecule has 0 atom stereocenters. The Bertz CT molecular complexity index is 539. The molecule has 6 heteroatoms. The molecule has 1 aromatic heterocycles. The second-order valence-electron chi connectivity index (χ2n) is 3.42. The Balaban J connectivity index is 2.28. The van der Waals surface area contributed by atoms with Crippen LogP contribution in [0.4, 0.5) is 0 Å². The Morgan fingerprint density at radius 3 is 3.00 bits per heavy atom. The normalized spacial score (nSPS) is 10.2. The molecule has 1 heterocycles. The first-order valence-corrected chi connectivity index (χ1v) is 5.70. The summed E-state index contributed by atoms with van der Waals surface area (Å²) < 4.78 is 7.81. The van der Waals surface area contributed by atoms with E-state index in [0.29, 0.717) is 18.5 Å². The van der Waals surface area contributed by atoms with Crippen LogP contribution in [0.1, 0.15) is 16.1 Å². The zero-order valence-corrected chi connectivity index (χ0v) is 10.7. The third kappa shape index (κ3) is 2.71. The van der Waals surface area contributed by atoms with Crippen molar-refractivity contribution in [3.63, 3.8) is 0 Å². The lowest BCUT2D eigenvalue weighted by atomic mass is 10.2. The molecule has 0 unspecified atom stereocenters. The van der Waals surface area contributed by atoms with Gasteiger partial charge >= 0.3 is 0 Å². The number of carbonyl (C=O) groups excluding carboxylic acids is 1. The Morgan fingerprint density at radius 1 is 1.53 bits per heavy atom. The maximum Gasteiger partial charge on any atom is 0.171 e. The van der Waals surface area contributed by atoms with Crippen molar-refractivity contribution < 1.29 is 9.53 Å². The zero-order chi connectivity index (χ0) is 12.3. The molecule has 5 nitrogen and oxygen atoms in total. The summed E-state index contributed by atoms with van der Waals surface area (Å²) in [7, 11) is 1.62. The number of nitrogens with zero attached hydrogens (tertiary/aromatic N) is 3. The van der Waals surface area contributed by atoms with Crippen LogP contribution in [0.3, 0.4) is 0 Å². The average molecular weight is 296 g/mol. The molecular formula is C11H10BrN3O2. The van der Waals surface area contributed by atoms with Crippen LogP contribution in [0.5, 0.6) is 5.75 Å². The van der Waals surface area contributed by atoms with E-state index in [1.54, 1.807) is 18.0 Å². The van der Waals surface area contributed by atoms with E-state index < -0.39 is 0 Å². The topological polar surface area (TPSA) is 57.0 Å². The summed E-state index contributed by atoms with van der Waals surface area (Å²) in [6.07, 6.45) is 2.26. The first-order chi connectivity index (χ1) is 8.22. The van der Waals surface area contributed by atoms with Gasteiger partial charge in [0.2, 0.25) is 0 Å². The van der Waals surface area contributed by atoms with Gasteiger partial charge < -0.3 is 4.74 Å². The fourth-order valence-corrected chi connectivity index (χ4v) is 1.90. The number of aldehydes is 1. The number of benzene rings is 1. The number of rotatable bonds is 4. The van der Waals surface area contributed by atoms with E-state index in [1.807, 2.05) is 18.2 Å². The molecule has 0 fully saturated rings. The number of aromatic nitrogens is 3. The van der Waals surface area contributed by atoms with Crippen LogP contribution in [-0.4, -0.2) is 28.4 Å². The van der Waals surface area contributed by atoms with Crippen LogP contribution in [0.2, 0.25) is 0 Å². The summed E-state index contributed by atoms with van der Waals surface area (Å²) in [4.78, 5) is 10.5. The molecule has 0 saturated carbocycles. The molecule has 0 spiro atoms. The Hall–Kier alpha value is -1.69. The smallest absolute Gasteiger partial charge is 0.171 e. The van der Waals surface area contributed by atoms with Crippen LogP contribution >= 0.6 is 15.9 Å². The van der Waals surface area contributed by atoms with Gasteiger partial charge in [0.15, 0.2) is 6.29 Å². The third-order valence-electron chi connectivity index (χ3n) is 2.25. The van der Waals surface area contributed by atoms with Crippen molar-refractivity contribution in [3.05, 3.63) is 40.1 Å². The second-order valence-corrected chi connectivity index (χ2v) is 4.33. The van der Waals surface area contributed by atoms with Gasteiger partial charge in [0, 0.05) is 10.0 Å². The summed E-state index contributed by atoms with van der Waals surface area (Å²) in [5.41, 5.74) is 1.28. The molecule has 0 N–H and O–H groups in total. The van der Waals surface area contributed by atoms with Gasteiger partial charge in [-0.2, -0.15) is 0 Å². The average Bonchev–Trinajstić information content (AvgIpc) is 2.77. The van der Waals surface area contributed by atoms with E-state index in [2.05, 4.69) is 26.2 Å². The number of hydrogen-bond donors (Lipinski definition) is 0. The van der Waals surface area contributed by atoms with Crippen LogP contribution in [0.25, 0.3) is 0 Å². The summed E-state index contributed by atoms with van der Waals surface area (Å²) in [6.45, 7) is 0.503. The predicted octanol–water partition coefficient (Wildman–Crippen LogP) is 1.91. The van der Waals surface area contributed by atoms with Gasteiger partial charge in [-0.25, -0.2) is 4.68 Å². The standard InChI is InChI=1S/C11H10BrN3O2/c1-17-11-3-2-9(12)4-8(11)5-15-6-10(7-16)13-14-15/h2-4,6-7H,5H2,1H3. The Labute approximate surface area is 107 Å². The molecule has 88 valence electrons. The lowest BCUT2D eigenvalue weighted by Gasteiger charge is -2.08. The molecule has 17 heavy (non-hydrogen) atoms. The van der Waals surface area contributed by atoms with Crippen molar-refractivity contribution in [2.24, 2.45) is 0 Å². The molecule has 0 aliphatic heterocycles. The Kier molecular flexibility index (Phi) is 3.53. The summed E-state index contributed by atoms with van der Waals surface area (Å²) >= 11 is 3.40. The first-order valence-electron chi connectivity index (χ1n) is 4.90. The monoisotopic (exact) mass is 295 g/mol. The molecule has 2 rings (SSSR count). The van der Waals surface area contributed by atoms with Crippen LogP contribution in [-0.2, 0) is 6.54 Å². The molecule has 0 saturated heterocycles. The first kappa shape index (κ1) is 11.8. The van der Waals surface area contributed by atoms with E-state index in [0.717, 1.165) is 15.8 Å². The fourth-order valence-electron chi connectivity index (χ4n) is 1.49. The van der Waals surface area contributed by atoms with Crippen molar-refractivity contribution in [3.8, 4) is 5.75 Å². The predicted molar refractivity (Wildman–Crippen MR) is 65.2 cm³/mol. The number of halogens is 1. The minimum absolute atomic E-state index is 0.318. The van der Waals surface area contributed by atoms with E-state index >= 15 is 0 Å². The summed E-state index contributed by atoms with van der Waals surface area (Å²) in [6, 6.07) is 5.72. The molecule has 0 bridgehead atoms. The number of carbonyl (C=O) groups is 1. The third-order valence-corrected chi connectivity index (χ3v) is 2.75. The summed E-state index contributed by atoms with van der Waals surface area (Å²) in [5.74, 6) is 0.774. The highest BCUT2D eigenvalue weighted by molar-refractivity contribution is 9.10. The Morgan fingerprint density at radius 2 is 2.35 bits per heavy atom. The lowest BCUT2D eigenvalue weighted by Crippen LogP contribution is -2.02. The molecular weight excluding hydrogens is 286 g/mol. The van der Waals surface area contributed by atoms with Gasteiger partial charge in [0.1, 0.15) is 11.4 Å². The van der Waals surface area contributed by atoms with Gasteiger partial charge in [-0.15, -0.1) is 5.10 Å². The van der Waals surface area contributed by atoms with E-state index in [9.17, 15) is 4.79 Å². The van der Waals surface area contributed by atoms with Crippen LogP contribution < -0.4 is 4.74 Å². The van der Waals surface area contributed by atoms with Crippen molar-refractivity contribution in [2.45, 2.75) is 6.54 Å². The van der Waals surface area contributed by atoms with Crippen molar-refractivity contribution in [1.29, 1.82) is 0 Å². The highest BCUT2D eigenvalue weighted by atomic mass is 79.9.